The van der Waals surface area contributed by atoms with Gasteiger partial charge in [0, 0.05) is 4.83 Å². The molecule has 2 rings (SSSR count). The predicted octanol–water partition coefficient (Wildman–Crippen LogP) is 5.76. The van der Waals surface area contributed by atoms with Crippen LogP contribution in [0.5, 0.6) is 0 Å². The number of alkyl halides is 1. The average molecular weight is 309 g/mol. The van der Waals surface area contributed by atoms with Gasteiger partial charge in [-0.15, -0.1) is 0 Å². The fourth-order valence-corrected chi connectivity index (χ4v) is 4.26. The normalized spacial score (nSPS) is 25.6. The summed E-state index contributed by atoms with van der Waals surface area (Å²) in [5.41, 5.74) is 2.93. The largest absolute Gasteiger partial charge is 0.0836 e. The first-order valence-corrected chi connectivity index (χ1v) is 8.22. The van der Waals surface area contributed by atoms with Gasteiger partial charge in [-0.3, -0.25) is 0 Å². The van der Waals surface area contributed by atoms with E-state index in [1.165, 1.54) is 36.8 Å². The zero-order valence-electron chi connectivity index (χ0n) is 11.8. The standard InChI is InChI=1S/C17H25Br/c1-12(2)11-14-7-9-15(10-8-14)17(18)16-6-4-5-13(16)3/h7-10,12-13,16-17H,4-6,11H2,1-3H3. The summed E-state index contributed by atoms with van der Waals surface area (Å²) < 4.78 is 0. The van der Waals surface area contributed by atoms with Gasteiger partial charge in [-0.25, -0.2) is 0 Å². The van der Waals surface area contributed by atoms with E-state index in [0.717, 1.165) is 17.8 Å². The second kappa shape index (κ2) is 6.23. The van der Waals surface area contributed by atoms with Crippen molar-refractivity contribution in [3.05, 3.63) is 35.4 Å². The van der Waals surface area contributed by atoms with E-state index in [0.29, 0.717) is 4.83 Å². The molecular formula is C17H25Br. The Kier molecular flexibility index (Phi) is 4.89. The summed E-state index contributed by atoms with van der Waals surface area (Å²) >= 11 is 3.93. The predicted molar refractivity (Wildman–Crippen MR) is 83.2 cm³/mol. The van der Waals surface area contributed by atoms with Crippen LogP contribution in [-0.2, 0) is 6.42 Å². The highest BCUT2D eigenvalue weighted by molar-refractivity contribution is 9.09. The van der Waals surface area contributed by atoms with Crippen molar-refractivity contribution in [2.24, 2.45) is 17.8 Å². The number of rotatable bonds is 4. The molecule has 100 valence electrons. The van der Waals surface area contributed by atoms with Crippen molar-refractivity contribution in [1.82, 2.24) is 0 Å². The van der Waals surface area contributed by atoms with Gasteiger partial charge in [0.05, 0.1) is 0 Å². The molecule has 1 heteroatoms. The second-order valence-corrected chi connectivity index (χ2v) is 7.30. The fraction of sp³-hybridized carbons (Fsp3) is 0.647. The third-order valence-corrected chi connectivity index (χ3v) is 5.45. The monoisotopic (exact) mass is 308 g/mol. The van der Waals surface area contributed by atoms with Crippen LogP contribution in [0.3, 0.4) is 0 Å². The van der Waals surface area contributed by atoms with E-state index in [4.69, 9.17) is 0 Å². The lowest BCUT2D eigenvalue weighted by atomic mass is 9.90. The molecule has 1 aliphatic carbocycles. The Morgan fingerprint density at radius 2 is 1.83 bits per heavy atom. The molecule has 0 aliphatic heterocycles. The first kappa shape index (κ1) is 14.1. The van der Waals surface area contributed by atoms with Crippen LogP contribution in [0.2, 0.25) is 0 Å². The summed E-state index contributed by atoms with van der Waals surface area (Å²) in [7, 11) is 0. The Hall–Kier alpha value is -0.300. The molecule has 0 amide bonds. The molecule has 18 heavy (non-hydrogen) atoms. The molecule has 1 aromatic rings. The molecule has 0 aromatic heterocycles. The highest BCUT2D eigenvalue weighted by atomic mass is 79.9. The minimum absolute atomic E-state index is 0.545. The Balaban J connectivity index is 2.04. The van der Waals surface area contributed by atoms with E-state index < -0.39 is 0 Å². The van der Waals surface area contributed by atoms with Gasteiger partial charge in [-0.1, -0.05) is 73.8 Å². The lowest BCUT2D eigenvalue weighted by Crippen LogP contribution is -2.10. The number of halogens is 1. The molecule has 3 atom stereocenters. The van der Waals surface area contributed by atoms with Gasteiger partial charge in [0.25, 0.3) is 0 Å². The van der Waals surface area contributed by atoms with Crippen molar-refractivity contribution in [1.29, 1.82) is 0 Å². The Morgan fingerprint density at radius 3 is 2.33 bits per heavy atom. The maximum Gasteiger partial charge on any atom is 0.0426 e. The van der Waals surface area contributed by atoms with Crippen molar-refractivity contribution < 1.29 is 0 Å². The molecule has 1 aliphatic rings. The lowest BCUT2D eigenvalue weighted by molar-refractivity contribution is 0.414. The smallest absolute Gasteiger partial charge is 0.0426 e. The number of benzene rings is 1. The van der Waals surface area contributed by atoms with E-state index in [1.807, 2.05) is 0 Å². The lowest BCUT2D eigenvalue weighted by Gasteiger charge is -2.22. The van der Waals surface area contributed by atoms with Crippen LogP contribution in [0.25, 0.3) is 0 Å². The highest BCUT2D eigenvalue weighted by Gasteiger charge is 2.30. The molecule has 0 nitrogen and oxygen atoms in total. The Labute approximate surface area is 120 Å². The van der Waals surface area contributed by atoms with Crippen LogP contribution < -0.4 is 0 Å². The average Bonchev–Trinajstić information content (AvgIpc) is 2.75. The van der Waals surface area contributed by atoms with E-state index in [-0.39, 0.29) is 0 Å². The molecule has 1 aromatic carbocycles. The summed E-state index contributed by atoms with van der Waals surface area (Å²) in [6.45, 7) is 6.96. The summed E-state index contributed by atoms with van der Waals surface area (Å²) in [6, 6.07) is 9.26. The van der Waals surface area contributed by atoms with Crippen LogP contribution in [0.15, 0.2) is 24.3 Å². The van der Waals surface area contributed by atoms with Gasteiger partial charge in [0.15, 0.2) is 0 Å². The molecule has 1 saturated carbocycles. The Morgan fingerprint density at radius 1 is 1.17 bits per heavy atom. The molecule has 0 bridgehead atoms. The third kappa shape index (κ3) is 3.38. The van der Waals surface area contributed by atoms with Gasteiger partial charge in [0.2, 0.25) is 0 Å². The molecule has 0 heterocycles. The van der Waals surface area contributed by atoms with Crippen LogP contribution >= 0.6 is 15.9 Å². The summed E-state index contributed by atoms with van der Waals surface area (Å²) in [5, 5.41) is 0. The molecule has 3 unspecified atom stereocenters. The molecular weight excluding hydrogens is 284 g/mol. The van der Waals surface area contributed by atoms with Gasteiger partial charge < -0.3 is 0 Å². The van der Waals surface area contributed by atoms with Crippen LogP contribution in [-0.4, -0.2) is 0 Å². The summed E-state index contributed by atoms with van der Waals surface area (Å²) in [4.78, 5) is 0.545. The van der Waals surface area contributed by atoms with Gasteiger partial charge >= 0.3 is 0 Å². The minimum atomic E-state index is 0.545. The van der Waals surface area contributed by atoms with Crippen LogP contribution in [0, 0.1) is 17.8 Å². The summed E-state index contributed by atoms with van der Waals surface area (Å²) in [5.74, 6) is 2.43. The van der Waals surface area contributed by atoms with Crippen molar-refractivity contribution in [3.8, 4) is 0 Å². The minimum Gasteiger partial charge on any atom is -0.0836 e. The van der Waals surface area contributed by atoms with Crippen LogP contribution in [0.1, 0.15) is 56.0 Å². The van der Waals surface area contributed by atoms with Gasteiger partial charge in [-0.05, 0) is 41.7 Å². The van der Waals surface area contributed by atoms with E-state index in [9.17, 15) is 0 Å². The van der Waals surface area contributed by atoms with Crippen molar-refractivity contribution in [3.63, 3.8) is 0 Å². The van der Waals surface area contributed by atoms with E-state index in [2.05, 4.69) is 61.0 Å². The zero-order valence-corrected chi connectivity index (χ0v) is 13.4. The fourth-order valence-electron chi connectivity index (χ4n) is 3.17. The first-order valence-electron chi connectivity index (χ1n) is 7.31. The third-order valence-electron chi connectivity index (χ3n) is 4.25. The molecule has 0 saturated heterocycles. The van der Waals surface area contributed by atoms with E-state index in [1.54, 1.807) is 0 Å². The van der Waals surface area contributed by atoms with Gasteiger partial charge in [-0.2, -0.15) is 0 Å². The Bertz CT molecular complexity index is 366. The van der Waals surface area contributed by atoms with Crippen molar-refractivity contribution >= 4 is 15.9 Å². The first-order chi connectivity index (χ1) is 8.58. The van der Waals surface area contributed by atoms with Gasteiger partial charge in [0.1, 0.15) is 0 Å². The van der Waals surface area contributed by atoms with Crippen molar-refractivity contribution in [2.75, 3.05) is 0 Å². The summed E-state index contributed by atoms with van der Waals surface area (Å²) in [6.07, 6.45) is 5.37. The van der Waals surface area contributed by atoms with Crippen molar-refractivity contribution in [2.45, 2.75) is 51.3 Å². The van der Waals surface area contributed by atoms with E-state index >= 15 is 0 Å². The topological polar surface area (TPSA) is 0 Å². The SMILES string of the molecule is CC(C)Cc1ccc(C(Br)C2CCCC2C)cc1. The molecule has 1 fully saturated rings. The number of hydrogen-bond acceptors (Lipinski definition) is 0. The maximum absolute atomic E-state index is 3.93. The molecule has 0 N–H and O–H groups in total. The highest BCUT2D eigenvalue weighted by Crippen LogP contribution is 2.44. The molecule has 0 radical (unpaired) electrons. The number of hydrogen-bond donors (Lipinski definition) is 0. The second-order valence-electron chi connectivity index (χ2n) is 6.31. The molecule has 0 spiro atoms. The van der Waals surface area contributed by atoms with Crippen LogP contribution in [0.4, 0.5) is 0 Å². The quantitative estimate of drug-likeness (QED) is 0.621. The maximum atomic E-state index is 3.93. The zero-order chi connectivity index (χ0) is 13.1.